The number of carbonyl (C=O) groups is 1. The summed E-state index contributed by atoms with van der Waals surface area (Å²) in [7, 11) is 0. The number of hydrogen-bond acceptors (Lipinski definition) is 3. The fourth-order valence-electron chi connectivity index (χ4n) is 3.58. The van der Waals surface area contributed by atoms with Gasteiger partial charge in [-0.15, -0.1) is 0 Å². The number of aromatic carboxylic acids is 1. The van der Waals surface area contributed by atoms with Crippen LogP contribution in [0.4, 0.5) is 0 Å². The zero-order valence-electron chi connectivity index (χ0n) is 15.1. The Balaban J connectivity index is 1.72. The first kappa shape index (κ1) is 17.5. The molecule has 5 rings (SSSR count). The molecule has 0 radical (unpaired) electrons. The monoisotopic (exact) mass is 399 g/mol. The molecule has 0 amide bonds. The molecule has 2 aromatic heterocycles. The number of pyridine rings is 1. The number of halogens is 1. The quantitative estimate of drug-likeness (QED) is 0.344. The Kier molecular flexibility index (Phi) is 4.07. The van der Waals surface area contributed by atoms with E-state index in [4.69, 9.17) is 16.0 Å². The fourth-order valence-corrected chi connectivity index (χ4v) is 3.81. The SMILES string of the molecule is O=C(O)c1cc(-c2ccc(-c3ccccc3Cl)o2)nc2ccc3ccccc3c12. The molecule has 0 aliphatic carbocycles. The van der Waals surface area contributed by atoms with Gasteiger partial charge < -0.3 is 9.52 Å². The number of carboxylic acid groups (broad SMARTS) is 1. The molecule has 0 bridgehead atoms. The van der Waals surface area contributed by atoms with Gasteiger partial charge in [0.1, 0.15) is 11.5 Å². The normalized spacial score (nSPS) is 11.2. The number of benzene rings is 3. The molecule has 0 saturated carbocycles. The molecule has 0 aliphatic rings. The highest BCUT2D eigenvalue weighted by atomic mass is 35.5. The van der Waals surface area contributed by atoms with E-state index >= 15 is 0 Å². The van der Waals surface area contributed by atoms with E-state index < -0.39 is 5.97 Å². The maximum Gasteiger partial charge on any atom is 0.336 e. The van der Waals surface area contributed by atoms with Crippen molar-refractivity contribution in [1.82, 2.24) is 4.98 Å². The van der Waals surface area contributed by atoms with Crippen LogP contribution in [0.1, 0.15) is 10.4 Å². The standard InChI is InChI=1S/C24H14ClNO3/c25-18-8-4-3-7-16(18)21-11-12-22(29-21)20-13-17(24(27)28)23-15-6-2-1-5-14(15)9-10-19(23)26-20/h1-13H,(H,27,28). The molecule has 140 valence electrons. The van der Waals surface area contributed by atoms with Crippen LogP contribution >= 0.6 is 11.6 Å². The second kappa shape index (κ2) is 6.76. The Hall–Kier alpha value is -3.63. The summed E-state index contributed by atoms with van der Waals surface area (Å²) >= 11 is 6.26. The summed E-state index contributed by atoms with van der Waals surface area (Å²) in [6.45, 7) is 0. The Morgan fingerprint density at radius 3 is 2.48 bits per heavy atom. The smallest absolute Gasteiger partial charge is 0.336 e. The molecule has 2 heterocycles. The van der Waals surface area contributed by atoms with Crippen molar-refractivity contribution in [3.05, 3.63) is 89.4 Å². The summed E-state index contributed by atoms with van der Waals surface area (Å²) in [4.78, 5) is 16.7. The van der Waals surface area contributed by atoms with Crippen molar-refractivity contribution in [3.63, 3.8) is 0 Å². The second-order valence-electron chi connectivity index (χ2n) is 6.68. The van der Waals surface area contributed by atoms with Crippen molar-refractivity contribution in [2.24, 2.45) is 0 Å². The van der Waals surface area contributed by atoms with E-state index in [1.54, 1.807) is 18.2 Å². The van der Waals surface area contributed by atoms with E-state index in [1.165, 1.54) is 0 Å². The first-order chi connectivity index (χ1) is 14.1. The van der Waals surface area contributed by atoms with Crippen LogP contribution in [0.2, 0.25) is 5.02 Å². The molecular formula is C24H14ClNO3. The van der Waals surface area contributed by atoms with Gasteiger partial charge in [0.25, 0.3) is 0 Å². The van der Waals surface area contributed by atoms with Crippen molar-refractivity contribution < 1.29 is 14.3 Å². The average molecular weight is 400 g/mol. The van der Waals surface area contributed by atoms with E-state index in [1.807, 2.05) is 60.7 Å². The van der Waals surface area contributed by atoms with Crippen LogP contribution in [0, 0.1) is 0 Å². The highest BCUT2D eigenvalue weighted by Gasteiger charge is 2.17. The van der Waals surface area contributed by atoms with Crippen molar-refractivity contribution in [2.75, 3.05) is 0 Å². The van der Waals surface area contributed by atoms with E-state index in [0.29, 0.717) is 33.1 Å². The van der Waals surface area contributed by atoms with Crippen LogP contribution in [0.25, 0.3) is 44.5 Å². The molecule has 29 heavy (non-hydrogen) atoms. The van der Waals surface area contributed by atoms with Crippen LogP contribution in [0.3, 0.4) is 0 Å². The highest BCUT2D eigenvalue weighted by Crippen LogP contribution is 2.34. The molecule has 0 aliphatic heterocycles. The van der Waals surface area contributed by atoms with Gasteiger partial charge in [-0.3, -0.25) is 0 Å². The Morgan fingerprint density at radius 1 is 0.897 bits per heavy atom. The van der Waals surface area contributed by atoms with Gasteiger partial charge in [-0.2, -0.15) is 0 Å². The van der Waals surface area contributed by atoms with Gasteiger partial charge in [0, 0.05) is 10.9 Å². The minimum Gasteiger partial charge on any atom is -0.478 e. The van der Waals surface area contributed by atoms with Gasteiger partial charge in [0.05, 0.1) is 16.1 Å². The third-order valence-electron chi connectivity index (χ3n) is 4.93. The van der Waals surface area contributed by atoms with E-state index in [9.17, 15) is 9.90 Å². The summed E-state index contributed by atoms with van der Waals surface area (Å²) in [6.07, 6.45) is 0. The lowest BCUT2D eigenvalue weighted by Crippen LogP contribution is -2.00. The lowest BCUT2D eigenvalue weighted by Gasteiger charge is -2.09. The summed E-state index contributed by atoms with van der Waals surface area (Å²) in [5.41, 5.74) is 2.03. The largest absolute Gasteiger partial charge is 0.478 e. The summed E-state index contributed by atoms with van der Waals surface area (Å²) in [5.74, 6) is 0.0771. The maximum atomic E-state index is 12.0. The van der Waals surface area contributed by atoms with E-state index in [0.717, 1.165) is 16.3 Å². The van der Waals surface area contributed by atoms with Crippen molar-refractivity contribution in [3.8, 4) is 22.8 Å². The van der Waals surface area contributed by atoms with Gasteiger partial charge in [-0.05, 0) is 47.2 Å². The number of furan rings is 1. The molecule has 1 N–H and O–H groups in total. The van der Waals surface area contributed by atoms with E-state index in [-0.39, 0.29) is 5.56 Å². The lowest BCUT2D eigenvalue weighted by atomic mass is 10.00. The van der Waals surface area contributed by atoms with Crippen molar-refractivity contribution in [2.45, 2.75) is 0 Å². The third-order valence-corrected chi connectivity index (χ3v) is 5.26. The van der Waals surface area contributed by atoms with Crippen LogP contribution in [0.5, 0.6) is 0 Å². The van der Waals surface area contributed by atoms with Gasteiger partial charge >= 0.3 is 5.97 Å². The van der Waals surface area contributed by atoms with Gasteiger partial charge in [0.2, 0.25) is 0 Å². The molecule has 0 unspecified atom stereocenters. The number of fused-ring (bicyclic) bond motifs is 3. The first-order valence-corrected chi connectivity index (χ1v) is 9.40. The molecule has 0 spiro atoms. The van der Waals surface area contributed by atoms with Gasteiger partial charge in [-0.25, -0.2) is 9.78 Å². The Morgan fingerprint density at radius 2 is 1.66 bits per heavy atom. The molecule has 5 heteroatoms. The predicted octanol–water partition coefficient (Wildman–Crippen LogP) is 6.67. The lowest BCUT2D eigenvalue weighted by molar-refractivity contribution is 0.0699. The molecule has 4 nitrogen and oxygen atoms in total. The summed E-state index contributed by atoms with van der Waals surface area (Å²) < 4.78 is 5.97. The highest BCUT2D eigenvalue weighted by molar-refractivity contribution is 6.33. The summed E-state index contributed by atoms with van der Waals surface area (Å²) in [5, 5.41) is 12.9. The Labute approximate surface area is 171 Å². The third kappa shape index (κ3) is 2.94. The fraction of sp³-hybridized carbons (Fsp3) is 0. The Bertz CT molecular complexity index is 1400. The van der Waals surface area contributed by atoms with Gasteiger partial charge in [0.15, 0.2) is 5.76 Å². The number of hydrogen-bond donors (Lipinski definition) is 1. The molecule has 0 atom stereocenters. The topological polar surface area (TPSA) is 63.3 Å². The average Bonchev–Trinajstić information content (AvgIpc) is 3.23. The van der Waals surface area contributed by atoms with E-state index in [2.05, 4.69) is 4.98 Å². The minimum atomic E-state index is -1.01. The molecule has 3 aromatic carbocycles. The number of carboxylic acids is 1. The molecule has 0 saturated heterocycles. The zero-order valence-corrected chi connectivity index (χ0v) is 15.9. The summed E-state index contributed by atoms with van der Waals surface area (Å²) in [6, 6.07) is 24.0. The second-order valence-corrected chi connectivity index (χ2v) is 7.09. The van der Waals surface area contributed by atoms with Crippen LogP contribution in [-0.2, 0) is 0 Å². The first-order valence-electron chi connectivity index (χ1n) is 9.03. The predicted molar refractivity (Wildman–Crippen MR) is 114 cm³/mol. The van der Waals surface area contributed by atoms with Crippen molar-refractivity contribution >= 4 is 39.2 Å². The molecular weight excluding hydrogens is 386 g/mol. The molecule has 0 fully saturated rings. The number of rotatable bonds is 3. The number of nitrogens with zero attached hydrogens (tertiary/aromatic N) is 1. The van der Waals surface area contributed by atoms with Gasteiger partial charge in [-0.1, -0.05) is 54.1 Å². The van der Waals surface area contributed by atoms with Crippen molar-refractivity contribution in [1.29, 1.82) is 0 Å². The molecule has 5 aromatic rings. The van der Waals surface area contributed by atoms with Crippen LogP contribution < -0.4 is 0 Å². The van der Waals surface area contributed by atoms with Crippen LogP contribution in [0.15, 0.2) is 83.3 Å². The minimum absolute atomic E-state index is 0.192. The zero-order chi connectivity index (χ0) is 20.0. The number of aromatic nitrogens is 1. The maximum absolute atomic E-state index is 12.0. The van der Waals surface area contributed by atoms with Crippen LogP contribution in [-0.4, -0.2) is 16.1 Å².